The Morgan fingerprint density at radius 1 is 0.962 bits per heavy atom. The van der Waals surface area contributed by atoms with Crippen LogP contribution in [0.2, 0.25) is 0 Å². The van der Waals surface area contributed by atoms with Gasteiger partial charge in [-0.25, -0.2) is 0 Å². The van der Waals surface area contributed by atoms with Crippen LogP contribution in [0.1, 0.15) is 10.4 Å². The van der Waals surface area contributed by atoms with Crippen molar-refractivity contribution in [1.29, 1.82) is 0 Å². The van der Waals surface area contributed by atoms with E-state index in [2.05, 4.69) is 0 Å². The first-order chi connectivity index (χ1) is 12.6. The first-order valence-corrected chi connectivity index (χ1v) is 8.45. The second kappa shape index (κ2) is 7.86. The maximum Gasteiger partial charge on any atom is 0.253 e. The Kier molecular flexibility index (Phi) is 5.36. The summed E-state index contributed by atoms with van der Waals surface area (Å²) < 4.78 is 6.48. The van der Waals surface area contributed by atoms with Crippen LogP contribution in [0.3, 0.4) is 0 Å². The van der Waals surface area contributed by atoms with Gasteiger partial charge >= 0.3 is 0 Å². The molecule has 0 N–H and O–H groups in total. The first kappa shape index (κ1) is 17.7. The fraction of sp³-hybridized carbons (Fsp3) is 0.316. The summed E-state index contributed by atoms with van der Waals surface area (Å²) in [6.45, 7) is 1.89. The predicted molar refractivity (Wildman–Crippen MR) is 96.2 cm³/mol. The van der Waals surface area contributed by atoms with Gasteiger partial charge in [-0.3, -0.25) is 14.4 Å². The van der Waals surface area contributed by atoms with Gasteiger partial charge in [0.2, 0.25) is 5.91 Å². The van der Waals surface area contributed by atoms with Crippen molar-refractivity contribution in [3.05, 3.63) is 64.6 Å². The second-order valence-corrected chi connectivity index (χ2v) is 6.07. The van der Waals surface area contributed by atoms with Gasteiger partial charge in [0.1, 0.15) is 12.3 Å². The zero-order valence-corrected chi connectivity index (χ0v) is 14.6. The predicted octanol–water partition coefficient (Wildman–Crippen LogP) is 0.841. The molecule has 1 aliphatic rings. The number of carbonyl (C=O) groups excluding carboxylic acids is 2. The van der Waals surface area contributed by atoms with Crippen molar-refractivity contribution >= 4 is 11.8 Å². The number of pyridine rings is 1. The highest BCUT2D eigenvalue weighted by atomic mass is 16.5. The molecule has 1 aromatic carbocycles. The minimum atomic E-state index is -0.200. The number of ether oxygens (including phenoxy) is 1. The molecule has 7 nitrogen and oxygen atoms in total. The summed E-state index contributed by atoms with van der Waals surface area (Å²) >= 11 is 0. The van der Waals surface area contributed by atoms with E-state index in [1.165, 1.54) is 10.6 Å². The lowest BCUT2D eigenvalue weighted by molar-refractivity contribution is -0.133. The molecule has 1 aliphatic heterocycles. The minimum Gasteiger partial charge on any atom is -0.497 e. The molecule has 1 fully saturated rings. The molecule has 26 heavy (non-hydrogen) atoms. The van der Waals surface area contributed by atoms with Crippen molar-refractivity contribution in [2.45, 2.75) is 6.54 Å². The molecule has 0 atom stereocenters. The lowest BCUT2D eigenvalue weighted by Gasteiger charge is -2.35. The van der Waals surface area contributed by atoms with Crippen LogP contribution in [-0.2, 0) is 11.3 Å². The van der Waals surface area contributed by atoms with Crippen LogP contribution in [-0.4, -0.2) is 59.5 Å². The standard InChI is InChI=1S/C19H21N3O4/c1-26-16-7-5-15(6-8-16)19(25)21-12-10-20(11-13-21)18(24)14-22-9-3-2-4-17(22)23/h2-9H,10-14H2,1H3. The van der Waals surface area contributed by atoms with Gasteiger partial charge in [0.05, 0.1) is 7.11 Å². The number of hydrogen-bond donors (Lipinski definition) is 0. The van der Waals surface area contributed by atoms with Gasteiger partial charge in [0.25, 0.3) is 11.5 Å². The maximum atomic E-state index is 12.5. The van der Waals surface area contributed by atoms with Crippen molar-refractivity contribution in [3.63, 3.8) is 0 Å². The van der Waals surface area contributed by atoms with Crippen molar-refractivity contribution in [2.75, 3.05) is 33.3 Å². The molecule has 0 spiro atoms. The van der Waals surface area contributed by atoms with Crippen LogP contribution >= 0.6 is 0 Å². The molecule has 0 saturated carbocycles. The maximum absolute atomic E-state index is 12.5. The molecular formula is C19H21N3O4. The summed E-state index contributed by atoms with van der Waals surface area (Å²) in [5.41, 5.74) is 0.399. The molecule has 1 aromatic heterocycles. The summed E-state index contributed by atoms with van der Waals surface area (Å²) in [7, 11) is 1.58. The van der Waals surface area contributed by atoms with E-state index in [1.807, 2.05) is 0 Å². The SMILES string of the molecule is COc1ccc(C(=O)N2CCN(C(=O)Cn3ccccc3=O)CC2)cc1. The van der Waals surface area contributed by atoms with E-state index in [4.69, 9.17) is 4.74 Å². The third-order valence-corrected chi connectivity index (χ3v) is 4.46. The van der Waals surface area contributed by atoms with Crippen molar-refractivity contribution < 1.29 is 14.3 Å². The highest BCUT2D eigenvalue weighted by Crippen LogP contribution is 2.14. The molecule has 2 amide bonds. The molecule has 2 heterocycles. The molecule has 0 aliphatic carbocycles. The second-order valence-electron chi connectivity index (χ2n) is 6.07. The molecular weight excluding hydrogens is 334 g/mol. The Morgan fingerprint density at radius 2 is 1.62 bits per heavy atom. The van der Waals surface area contributed by atoms with E-state index in [1.54, 1.807) is 59.5 Å². The van der Waals surface area contributed by atoms with E-state index in [9.17, 15) is 14.4 Å². The van der Waals surface area contributed by atoms with Gasteiger partial charge < -0.3 is 19.1 Å². The first-order valence-electron chi connectivity index (χ1n) is 8.45. The van der Waals surface area contributed by atoms with Crippen molar-refractivity contribution in [3.8, 4) is 5.75 Å². The van der Waals surface area contributed by atoms with Crippen LogP contribution in [0.4, 0.5) is 0 Å². The third kappa shape index (κ3) is 3.93. The number of aromatic nitrogens is 1. The van der Waals surface area contributed by atoms with Crippen molar-refractivity contribution in [1.82, 2.24) is 14.4 Å². The van der Waals surface area contributed by atoms with Crippen LogP contribution in [0.15, 0.2) is 53.5 Å². The number of hydrogen-bond acceptors (Lipinski definition) is 4. The van der Waals surface area contributed by atoms with Crippen LogP contribution in [0, 0.1) is 0 Å². The normalized spacial score (nSPS) is 14.2. The highest BCUT2D eigenvalue weighted by molar-refractivity contribution is 5.94. The average Bonchev–Trinajstić information content (AvgIpc) is 2.69. The Balaban J connectivity index is 1.56. The highest BCUT2D eigenvalue weighted by Gasteiger charge is 2.25. The molecule has 3 rings (SSSR count). The zero-order valence-electron chi connectivity index (χ0n) is 14.6. The van der Waals surface area contributed by atoms with Crippen LogP contribution in [0.25, 0.3) is 0 Å². The van der Waals surface area contributed by atoms with Gasteiger partial charge in [-0.2, -0.15) is 0 Å². The molecule has 136 valence electrons. The monoisotopic (exact) mass is 355 g/mol. The molecule has 0 radical (unpaired) electrons. The zero-order chi connectivity index (χ0) is 18.5. The van der Waals surface area contributed by atoms with E-state index < -0.39 is 0 Å². The number of methoxy groups -OCH3 is 1. The lowest BCUT2D eigenvalue weighted by Crippen LogP contribution is -2.51. The van der Waals surface area contributed by atoms with Crippen molar-refractivity contribution in [2.24, 2.45) is 0 Å². The van der Waals surface area contributed by atoms with E-state index in [0.29, 0.717) is 37.5 Å². The largest absolute Gasteiger partial charge is 0.497 e. The molecule has 2 aromatic rings. The summed E-state index contributed by atoms with van der Waals surface area (Å²) in [6.07, 6.45) is 1.60. The Morgan fingerprint density at radius 3 is 2.23 bits per heavy atom. The van der Waals surface area contributed by atoms with Gasteiger partial charge in [-0.1, -0.05) is 6.07 Å². The number of nitrogens with zero attached hydrogens (tertiary/aromatic N) is 3. The van der Waals surface area contributed by atoms with Crippen LogP contribution < -0.4 is 10.3 Å². The van der Waals surface area contributed by atoms with Crippen LogP contribution in [0.5, 0.6) is 5.75 Å². The lowest BCUT2D eigenvalue weighted by atomic mass is 10.1. The van der Waals surface area contributed by atoms with Gasteiger partial charge in [0, 0.05) is 44.0 Å². The number of carbonyl (C=O) groups is 2. The molecule has 7 heteroatoms. The summed E-state index contributed by atoms with van der Waals surface area (Å²) in [4.78, 5) is 40.1. The van der Waals surface area contributed by atoms with E-state index in [-0.39, 0.29) is 23.9 Å². The quantitative estimate of drug-likeness (QED) is 0.815. The number of piperazine rings is 1. The van der Waals surface area contributed by atoms with Gasteiger partial charge in [0.15, 0.2) is 0 Å². The third-order valence-electron chi connectivity index (χ3n) is 4.46. The number of amides is 2. The fourth-order valence-corrected chi connectivity index (χ4v) is 2.91. The number of rotatable bonds is 4. The molecule has 0 unspecified atom stereocenters. The minimum absolute atomic E-state index is 0.0199. The fourth-order valence-electron chi connectivity index (χ4n) is 2.91. The molecule has 0 bridgehead atoms. The Labute approximate surface area is 151 Å². The van der Waals surface area contributed by atoms with E-state index >= 15 is 0 Å². The Hall–Kier alpha value is -3.09. The van der Waals surface area contributed by atoms with Gasteiger partial charge in [-0.05, 0) is 30.3 Å². The van der Waals surface area contributed by atoms with E-state index in [0.717, 1.165) is 0 Å². The topological polar surface area (TPSA) is 71.8 Å². The Bertz CT molecular complexity index is 836. The summed E-state index contributed by atoms with van der Waals surface area (Å²) in [5.74, 6) is 0.530. The summed E-state index contributed by atoms with van der Waals surface area (Å²) in [6, 6.07) is 11.8. The smallest absolute Gasteiger partial charge is 0.253 e. The molecule has 1 saturated heterocycles. The average molecular weight is 355 g/mol. The number of benzene rings is 1. The summed E-state index contributed by atoms with van der Waals surface area (Å²) in [5, 5.41) is 0. The van der Waals surface area contributed by atoms with Gasteiger partial charge in [-0.15, -0.1) is 0 Å².